The molecule has 1 heterocycles. The number of halogens is 1. The minimum absolute atomic E-state index is 0.0247. The molecule has 0 aliphatic rings. The van der Waals surface area contributed by atoms with Gasteiger partial charge in [0.15, 0.2) is 0 Å². The lowest BCUT2D eigenvalue weighted by molar-refractivity contribution is 0.281. The quantitative estimate of drug-likeness (QED) is 0.212. The molecule has 1 N–H and O–H groups in total. The average molecular weight is 600 g/mol. The first-order chi connectivity index (χ1) is 17.8. The highest BCUT2D eigenvalue weighted by molar-refractivity contribution is 14.1. The maximum atomic E-state index is 10.1. The standard InChI is InChI=1S/C31H30IN5/c1-22(29(19-23-8-12-27(32)13-9-23)26-7-4-6-24(18-26)20-33)36-30(31(2,3)21-34)25-10-14-28(15-11-25)37-17-5-16-35-37/h4-18,22,29-30,36H,19H2,1-3H3/t22-,29+,30?/m0/s1. The SMILES string of the molecule is C[C@H](NC(c1ccc(-n2cccn2)cc1)C(C)(C)C#N)[C@@H](Cc1ccc(I)cc1)c1cccc(C#N)c1. The van der Waals surface area contributed by atoms with Crippen molar-refractivity contribution in [2.75, 3.05) is 0 Å². The Labute approximate surface area is 232 Å². The summed E-state index contributed by atoms with van der Waals surface area (Å²) in [6.45, 7) is 6.13. The zero-order chi connectivity index (χ0) is 26.4. The van der Waals surface area contributed by atoms with E-state index in [1.807, 2.05) is 61.1 Å². The van der Waals surface area contributed by atoms with E-state index in [0.717, 1.165) is 23.2 Å². The van der Waals surface area contributed by atoms with Gasteiger partial charge in [0, 0.05) is 27.9 Å². The summed E-state index contributed by atoms with van der Waals surface area (Å²) in [5, 5.41) is 27.7. The number of nitriles is 2. The van der Waals surface area contributed by atoms with E-state index < -0.39 is 5.41 Å². The van der Waals surface area contributed by atoms with Gasteiger partial charge in [-0.05, 0) is 109 Å². The van der Waals surface area contributed by atoms with Crippen molar-refractivity contribution in [2.45, 2.75) is 45.2 Å². The van der Waals surface area contributed by atoms with Crippen LogP contribution < -0.4 is 5.32 Å². The molecule has 0 saturated carbocycles. The van der Waals surface area contributed by atoms with E-state index >= 15 is 0 Å². The zero-order valence-corrected chi connectivity index (χ0v) is 23.4. The Hall–Kier alpha value is -3.46. The summed E-state index contributed by atoms with van der Waals surface area (Å²) in [4.78, 5) is 0. The molecule has 4 rings (SSSR count). The van der Waals surface area contributed by atoms with Crippen molar-refractivity contribution < 1.29 is 0 Å². The van der Waals surface area contributed by atoms with Crippen molar-refractivity contribution in [3.8, 4) is 17.8 Å². The number of nitrogens with one attached hydrogen (secondary N) is 1. The number of hydrogen-bond acceptors (Lipinski definition) is 4. The fourth-order valence-electron chi connectivity index (χ4n) is 4.70. The van der Waals surface area contributed by atoms with E-state index in [1.54, 1.807) is 6.20 Å². The molecule has 186 valence electrons. The van der Waals surface area contributed by atoms with Crippen LogP contribution in [-0.4, -0.2) is 15.8 Å². The summed E-state index contributed by atoms with van der Waals surface area (Å²) in [6, 6.07) is 31.2. The largest absolute Gasteiger partial charge is 0.305 e. The van der Waals surface area contributed by atoms with Gasteiger partial charge in [0.2, 0.25) is 0 Å². The van der Waals surface area contributed by atoms with Crippen molar-refractivity contribution in [2.24, 2.45) is 5.41 Å². The molecule has 0 saturated heterocycles. The first-order valence-corrected chi connectivity index (χ1v) is 13.4. The Morgan fingerprint density at radius 2 is 1.70 bits per heavy atom. The van der Waals surface area contributed by atoms with Crippen LogP contribution >= 0.6 is 22.6 Å². The monoisotopic (exact) mass is 599 g/mol. The van der Waals surface area contributed by atoms with Crippen molar-refractivity contribution in [1.29, 1.82) is 10.5 Å². The van der Waals surface area contributed by atoms with Gasteiger partial charge in [-0.3, -0.25) is 0 Å². The predicted molar refractivity (Wildman–Crippen MR) is 155 cm³/mol. The first kappa shape index (κ1) is 26.6. The van der Waals surface area contributed by atoms with E-state index in [1.165, 1.54) is 9.13 Å². The number of rotatable bonds is 9. The molecule has 5 nitrogen and oxygen atoms in total. The van der Waals surface area contributed by atoms with Gasteiger partial charge in [-0.1, -0.05) is 36.4 Å². The average Bonchev–Trinajstić information content (AvgIpc) is 3.46. The van der Waals surface area contributed by atoms with Gasteiger partial charge in [-0.25, -0.2) is 4.68 Å². The van der Waals surface area contributed by atoms with Crippen molar-refractivity contribution in [3.63, 3.8) is 0 Å². The second kappa shape index (κ2) is 11.7. The molecule has 6 heteroatoms. The van der Waals surface area contributed by atoms with Crippen molar-refractivity contribution in [3.05, 3.63) is 117 Å². The van der Waals surface area contributed by atoms with Crippen LogP contribution in [0.4, 0.5) is 0 Å². The minimum Gasteiger partial charge on any atom is -0.305 e. The van der Waals surface area contributed by atoms with Gasteiger partial charge >= 0.3 is 0 Å². The molecule has 0 aliphatic carbocycles. The summed E-state index contributed by atoms with van der Waals surface area (Å²) in [7, 11) is 0. The topological polar surface area (TPSA) is 77.4 Å². The molecule has 3 aromatic carbocycles. The van der Waals surface area contributed by atoms with Crippen LogP contribution in [0.1, 0.15) is 55.0 Å². The maximum absolute atomic E-state index is 10.1. The Balaban J connectivity index is 1.67. The van der Waals surface area contributed by atoms with Crippen LogP contribution in [0.15, 0.2) is 91.3 Å². The van der Waals surface area contributed by atoms with Crippen LogP contribution in [0, 0.1) is 31.6 Å². The van der Waals surface area contributed by atoms with Crippen LogP contribution in [0.5, 0.6) is 0 Å². The van der Waals surface area contributed by atoms with Crippen LogP contribution in [-0.2, 0) is 6.42 Å². The second-order valence-electron chi connectivity index (χ2n) is 9.94. The molecule has 1 aromatic heterocycles. The molecule has 0 bridgehead atoms. The Morgan fingerprint density at radius 1 is 0.973 bits per heavy atom. The summed E-state index contributed by atoms with van der Waals surface area (Å²) in [6.07, 6.45) is 4.49. The van der Waals surface area contributed by atoms with E-state index in [9.17, 15) is 10.5 Å². The molecule has 0 spiro atoms. The summed E-state index contributed by atoms with van der Waals surface area (Å²) in [5.74, 6) is 0.105. The lowest BCUT2D eigenvalue weighted by atomic mass is 9.79. The number of hydrogen-bond donors (Lipinski definition) is 1. The molecular weight excluding hydrogens is 569 g/mol. The van der Waals surface area contributed by atoms with E-state index in [4.69, 9.17) is 0 Å². The highest BCUT2D eigenvalue weighted by Gasteiger charge is 2.34. The molecule has 0 amide bonds. The Kier molecular flexibility index (Phi) is 8.43. The second-order valence-corrected chi connectivity index (χ2v) is 11.2. The van der Waals surface area contributed by atoms with E-state index in [2.05, 4.69) is 94.5 Å². The van der Waals surface area contributed by atoms with E-state index in [0.29, 0.717) is 5.56 Å². The van der Waals surface area contributed by atoms with Crippen molar-refractivity contribution in [1.82, 2.24) is 15.1 Å². The van der Waals surface area contributed by atoms with Gasteiger partial charge in [-0.15, -0.1) is 0 Å². The summed E-state index contributed by atoms with van der Waals surface area (Å²) >= 11 is 2.32. The zero-order valence-electron chi connectivity index (χ0n) is 21.3. The van der Waals surface area contributed by atoms with Gasteiger partial charge in [-0.2, -0.15) is 15.6 Å². The molecule has 0 aliphatic heterocycles. The number of nitrogens with zero attached hydrogens (tertiary/aromatic N) is 4. The summed E-state index contributed by atoms with van der Waals surface area (Å²) < 4.78 is 3.02. The highest BCUT2D eigenvalue weighted by Crippen LogP contribution is 2.36. The molecule has 37 heavy (non-hydrogen) atoms. The Bertz CT molecular complexity index is 1390. The predicted octanol–water partition coefficient (Wildman–Crippen LogP) is 6.94. The fraction of sp³-hybridized carbons (Fsp3) is 0.258. The smallest absolute Gasteiger partial charge is 0.0991 e. The number of benzene rings is 3. The first-order valence-electron chi connectivity index (χ1n) is 12.3. The summed E-state index contributed by atoms with van der Waals surface area (Å²) in [5.41, 5.74) is 4.37. The van der Waals surface area contributed by atoms with Gasteiger partial charge < -0.3 is 5.32 Å². The normalized spacial score (nSPS) is 13.8. The van der Waals surface area contributed by atoms with E-state index in [-0.39, 0.29) is 18.0 Å². The van der Waals surface area contributed by atoms with Crippen LogP contribution in [0.25, 0.3) is 5.69 Å². The molecule has 1 unspecified atom stereocenters. The van der Waals surface area contributed by atoms with Crippen molar-refractivity contribution >= 4 is 22.6 Å². The van der Waals surface area contributed by atoms with Crippen LogP contribution in [0.3, 0.4) is 0 Å². The lowest BCUT2D eigenvalue weighted by Crippen LogP contribution is -2.42. The van der Waals surface area contributed by atoms with Gasteiger partial charge in [0.1, 0.15) is 0 Å². The molecule has 0 fully saturated rings. The lowest BCUT2D eigenvalue weighted by Gasteiger charge is -2.36. The Morgan fingerprint density at radius 3 is 2.32 bits per heavy atom. The minimum atomic E-state index is -0.649. The maximum Gasteiger partial charge on any atom is 0.0991 e. The van der Waals surface area contributed by atoms with Gasteiger partial charge in [0.05, 0.1) is 34.8 Å². The fourth-order valence-corrected chi connectivity index (χ4v) is 5.06. The highest BCUT2D eigenvalue weighted by atomic mass is 127. The molecular formula is C31H30IN5. The molecule has 3 atom stereocenters. The number of aromatic nitrogens is 2. The third-order valence-corrected chi connectivity index (χ3v) is 7.57. The molecule has 4 aromatic rings. The van der Waals surface area contributed by atoms with Crippen LogP contribution in [0.2, 0.25) is 0 Å². The third kappa shape index (κ3) is 6.46. The third-order valence-electron chi connectivity index (χ3n) is 6.85. The molecule has 0 radical (unpaired) electrons. The van der Waals surface area contributed by atoms with Gasteiger partial charge in [0.25, 0.3) is 0 Å².